The number of carbonyl (C=O) groups is 1. The average molecular weight is 553 g/mol. The molecule has 0 aliphatic carbocycles. The van der Waals surface area contributed by atoms with E-state index in [4.69, 9.17) is 5.11 Å². The molecular weight excluding hydrogens is 543 g/mol. The van der Waals surface area contributed by atoms with Gasteiger partial charge in [0, 0.05) is 21.1 Å². The summed E-state index contributed by atoms with van der Waals surface area (Å²) in [5.74, 6) is -3.75. The molecule has 0 saturated heterocycles. The summed E-state index contributed by atoms with van der Waals surface area (Å²) in [5.41, 5.74) is -1.28. The Morgan fingerprint density at radius 1 is 1.04 bits per heavy atom. The number of carboxylic acid groups (broad SMARTS) is 1. The van der Waals surface area contributed by atoms with Gasteiger partial charge in [0.2, 0.25) is 5.82 Å². The normalized spacial score (nSPS) is 11.0. The molecule has 0 unspecified atom stereocenters. The van der Waals surface area contributed by atoms with E-state index in [-0.39, 0.29) is 44.1 Å². The van der Waals surface area contributed by atoms with Crippen molar-refractivity contribution in [2.45, 2.75) is 19.3 Å². The van der Waals surface area contributed by atoms with Gasteiger partial charge in [-0.15, -0.1) is 6.07 Å². The summed E-state index contributed by atoms with van der Waals surface area (Å²) < 4.78 is 26.8. The molecule has 3 heterocycles. The van der Waals surface area contributed by atoms with Crippen LogP contribution in [0.1, 0.15) is 36.1 Å². The first kappa shape index (κ1) is 20.5. The Hall–Kier alpha value is -2.81. The van der Waals surface area contributed by atoms with E-state index >= 15 is 0 Å². The van der Waals surface area contributed by atoms with Gasteiger partial charge in [-0.3, -0.25) is 15.0 Å². The Balaban J connectivity index is 0.00000261. The Morgan fingerprint density at radius 3 is 2.30 bits per heavy atom. The van der Waals surface area contributed by atoms with E-state index in [1.807, 2.05) is 0 Å². The average Bonchev–Trinajstić information content (AvgIpc) is 2.62. The molecule has 0 aliphatic heterocycles. The Bertz CT molecular complexity index is 1000. The zero-order valence-corrected chi connectivity index (χ0v) is 16.1. The predicted molar refractivity (Wildman–Crippen MR) is 80.7 cm³/mol. The van der Waals surface area contributed by atoms with Crippen LogP contribution in [0, 0.1) is 18.0 Å². The third-order valence-electron chi connectivity index (χ3n) is 3.42. The molecule has 3 aromatic rings. The zero-order chi connectivity index (χ0) is 18.9. The third kappa shape index (κ3) is 4.13. The largest absolute Gasteiger partial charge is 0.475 e. The van der Waals surface area contributed by atoms with E-state index in [1.54, 1.807) is 13.8 Å². The second-order valence-electron chi connectivity index (χ2n) is 5.58. The van der Waals surface area contributed by atoms with Gasteiger partial charge in [-0.25, -0.2) is 33.5 Å². The van der Waals surface area contributed by atoms with Gasteiger partial charge in [0.25, 0.3) is 0 Å². The van der Waals surface area contributed by atoms with Crippen LogP contribution in [0.25, 0.3) is 11.4 Å². The number of hydrogen-bond donors (Lipinski definition) is 1. The molecule has 0 saturated carbocycles. The summed E-state index contributed by atoms with van der Waals surface area (Å²) in [6.07, 6.45) is 2.20. The van der Waals surface area contributed by atoms with Crippen LogP contribution >= 0.6 is 0 Å². The van der Waals surface area contributed by atoms with E-state index in [2.05, 4.69) is 41.0 Å². The van der Waals surface area contributed by atoms with E-state index in [9.17, 15) is 13.6 Å². The molecule has 0 fully saturated rings. The van der Waals surface area contributed by atoms with Crippen molar-refractivity contribution >= 4 is 5.97 Å². The SMILES string of the molecule is CC(C)(c1ncnc(C(=O)O)n1)c1ncnc(-c2[c-]cc(F)nc2F)n1.[Pt]. The van der Waals surface area contributed by atoms with Gasteiger partial charge < -0.3 is 5.11 Å². The van der Waals surface area contributed by atoms with Crippen LogP contribution in [0.3, 0.4) is 0 Å². The van der Waals surface area contributed by atoms with Crippen molar-refractivity contribution < 1.29 is 39.7 Å². The number of rotatable bonds is 4. The van der Waals surface area contributed by atoms with Gasteiger partial charge in [-0.2, -0.15) is 0 Å². The van der Waals surface area contributed by atoms with Crippen LogP contribution in [-0.2, 0) is 26.5 Å². The first-order valence-electron chi connectivity index (χ1n) is 7.15. The number of aromatic carboxylic acids is 1. The fraction of sp³-hybridized carbons (Fsp3) is 0.200. The Kier molecular flexibility index (Phi) is 5.94. The molecular formula is C15H10F2N7O2Pt-. The first-order valence-corrected chi connectivity index (χ1v) is 7.15. The minimum atomic E-state index is -1.31. The molecule has 1 N–H and O–H groups in total. The number of pyridine rings is 1. The van der Waals surface area contributed by atoms with E-state index in [0.29, 0.717) is 0 Å². The van der Waals surface area contributed by atoms with Crippen LogP contribution in [-0.4, -0.2) is 46.0 Å². The number of hydrogen-bond acceptors (Lipinski definition) is 8. The maximum Gasteiger partial charge on any atom is 0.374 e. The second-order valence-corrected chi connectivity index (χ2v) is 5.58. The standard InChI is InChI=1S/C15H10F2N7O2.Pt/c1-15(2,14-21-6-19-11(24-14)12(25)26)13-20-5-18-10(23-13)7-3-4-8(16)22-9(7)17;/h4-6H,1-2H3,(H,25,26);/q-1;. The van der Waals surface area contributed by atoms with Crippen LogP contribution in [0.2, 0.25) is 0 Å². The van der Waals surface area contributed by atoms with Crippen molar-refractivity contribution in [3.05, 3.63) is 54.2 Å². The summed E-state index contributed by atoms with van der Waals surface area (Å²) in [7, 11) is 0. The maximum atomic E-state index is 13.8. The van der Waals surface area contributed by atoms with Gasteiger partial charge in [-0.05, 0) is 13.8 Å². The summed E-state index contributed by atoms with van der Waals surface area (Å²) in [6.45, 7) is 3.30. The number of carboxylic acids is 1. The number of halogens is 2. The summed E-state index contributed by atoms with van der Waals surface area (Å²) >= 11 is 0. The van der Waals surface area contributed by atoms with Gasteiger partial charge in [0.05, 0.1) is 11.2 Å². The van der Waals surface area contributed by atoms with Crippen molar-refractivity contribution in [2.24, 2.45) is 0 Å². The molecule has 0 bridgehead atoms. The Morgan fingerprint density at radius 2 is 1.67 bits per heavy atom. The molecule has 9 nitrogen and oxygen atoms in total. The molecule has 0 aromatic carbocycles. The van der Waals surface area contributed by atoms with Gasteiger partial charge in [0.1, 0.15) is 36.2 Å². The Labute approximate surface area is 165 Å². The van der Waals surface area contributed by atoms with Gasteiger partial charge >= 0.3 is 5.97 Å². The summed E-state index contributed by atoms with van der Waals surface area (Å²) in [6, 6.07) is 3.24. The monoisotopic (exact) mass is 553 g/mol. The topological polar surface area (TPSA) is 128 Å². The van der Waals surface area contributed by atoms with Crippen LogP contribution in [0.5, 0.6) is 0 Å². The quantitative estimate of drug-likeness (QED) is 0.375. The van der Waals surface area contributed by atoms with Gasteiger partial charge in [-0.1, -0.05) is 11.6 Å². The molecule has 12 heteroatoms. The molecule has 3 aromatic heterocycles. The maximum absolute atomic E-state index is 13.8. The van der Waals surface area contributed by atoms with Crippen LogP contribution in [0.4, 0.5) is 8.78 Å². The van der Waals surface area contributed by atoms with Gasteiger partial charge in [0.15, 0.2) is 0 Å². The fourth-order valence-corrected chi connectivity index (χ4v) is 2.05. The molecule has 0 spiro atoms. The van der Waals surface area contributed by atoms with Crippen molar-refractivity contribution in [3.63, 3.8) is 0 Å². The minimum Gasteiger partial charge on any atom is -0.475 e. The fourth-order valence-electron chi connectivity index (χ4n) is 2.05. The summed E-state index contributed by atoms with van der Waals surface area (Å²) in [5, 5.41) is 9.01. The van der Waals surface area contributed by atoms with E-state index < -0.39 is 29.1 Å². The van der Waals surface area contributed by atoms with Crippen molar-refractivity contribution in [1.82, 2.24) is 34.9 Å². The third-order valence-corrected chi connectivity index (χ3v) is 3.42. The second kappa shape index (κ2) is 7.83. The van der Waals surface area contributed by atoms with Crippen molar-refractivity contribution in [3.8, 4) is 11.4 Å². The minimum absolute atomic E-state index is 0. The first-order chi connectivity index (χ1) is 12.3. The molecule has 142 valence electrons. The predicted octanol–water partition coefficient (Wildman–Crippen LogP) is 1.22. The summed E-state index contributed by atoms with van der Waals surface area (Å²) in [4.78, 5) is 37.6. The van der Waals surface area contributed by atoms with E-state index in [0.717, 1.165) is 18.7 Å². The number of aromatic nitrogens is 7. The van der Waals surface area contributed by atoms with E-state index in [1.165, 1.54) is 0 Å². The molecule has 0 aliphatic rings. The smallest absolute Gasteiger partial charge is 0.374 e. The molecule has 0 amide bonds. The molecule has 0 radical (unpaired) electrons. The molecule has 0 atom stereocenters. The van der Waals surface area contributed by atoms with Crippen molar-refractivity contribution in [1.29, 1.82) is 0 Å². The zero-order valence-electron chi connectivity index (χ0n) is 13.8. The number of nitrogens with zero attached hydrogens (tertiary/aromatic N) is 7. The molecule has 27 heavy (non-hydrogen) atoms. The molecule has 3 rings (SSSR count). The van der Waals surface area contributed by atoms with Crippen LogP contribution in [0.15, 0.2) is 18.7 Å². The van der Waals surface area contributed by atoms with Crippen molar-refractivity contribution in [2.75, 3.05) is 0 Å². The van der Waals surface area contributed by atoms with Crippen LogP contribution < -0.4 is 0 Å².